The van der Waals surface area contributed by atoms with Crippen molar-refractivity contribution in [3.05, 3.63) is 0 Å². The van der Waals surface area contributed by atoms with E-state index < -0.39 is 0 Å². The van der Waals surface area contributed by atoms with Gasteiger partial charge in [-0.05, 0) is 25.7 Å². The molecule has 0 radical (unpaired) electrons. The molecule has 3 rings (SSSR count). The van der Waals surface area contributed by atoms with E-state index >= 15 is 0 Å². The van der Waals surface area contributed by atoms with Gasteiger partial charge in [-0.25, -0.2) is 0 Å². The summed E-state index contributed by atoms with van der Waals surface area (Å²) in [6.07, 6.45) is 5.17. The molecular formula is C20H30N2O6. The summed E-state index contributed by atoms with van der Waals surface area (Å²) in [5.41, 5.74) is 0. The maximum atomic E-state index is 12.9. The lowest BCUT2D eigenvalue weighted by molar-refractivity contribution is -0.143. The first-order valence-corrected chi connectivity index (χ1v) is 10.3. The highest BCUT2D eigenvalue weighted by molar-refractivity contribution is 6.05. The van der Waals surface area contributed by atoms with Crippen LogP contribution in [0.2, 0.25) is 0 Å². The SMILES string of the molecule is COC(=O)CCN(C(=O)CCN1C(=O)C2CCCCC2C1=O)C1CCOCC1. The molecule has 0 aromatic heterocycles. The van der Waals surface area contributed by atoms with Crippen LogP contribution >= 0.6 is 0 Å². The molecule has 0 aromatic rings. The molecule has 28 heavy (non-hydrogen) atoms. The minimum absolute atomic E-state index is 0.0125. The van der Waals surface area contributed by atoms with E-state index in [0.717, 1.165) is 38.5 Å². The molecule has 8 nitrogen and oxygen atoms in total. The van der Waals surface area contributed by atoms with Crippen molar-refractivity contribution < 1.29 is 28.7 Å². The van der Waals surface area contributed by atoms with Crippen LogP contribution in [0.4, 0.5) is 0 Å². The maximum absolute atomic E-state index is 12.9. The minimum atomic E-state index is -0.362. The monoisotopic (exact) mass is 394 g/mol. The molecule has 2 atom stereocenters. The molecule has 0 spiro atoms. The van der Waals surface area contributed by atoms with E-state index in [4.69, 9.17) is 9.47 Å². The molecule has 156 valence electrons. The van der Waals surface area contributed by atoms with Crippen LogP contribution in [0.25, 0.3) is 0 Å². The van der Waals surface area contributed by atoms with Gasteiger partial charge in [0, 0.05) is 38.8 Å². The summed E-state index contributed by atoms with van der Waals surface area (Å²) in [7, 11) is 1.33. The van der Waals surface area contributed by atoms with Crippen molar-refractivity contribution >= 4 is 23.7 Å². The van der Waals surface area contributed by atoms with Gasteiger partial charge in [-0.2, -0.15) is 0 Å². The molecule has 2 saturated heterocycles. The van der Waals surface area contributed by atoms with Crippen LogP contribution in [0.5, 0.6) is 0 Å². The van der Waals surface area contributed by atoms with Crippen molar-refractivity contribution in [1.29, 1.82) is 0 Å². The number of carbonyl (C=O) groups excluding carboxylic acids is 4. The van der Waals surface area contributed by atoms with Gasteiger partial charge < -0.3 is 14.4 Å². The van der Waals surface area contributed by atoms with Gasteiger partial charge in [0.25, 0.3) is 0 Å². The zero-order chi connectivity index (χ0) is 20.1. The summed E-state index contributed by atoms with van der Waals surface area (Å²) < 4.78 is 10.1. The Hall–Kier alpha value is -1.96. The summed E-state index contributed by atoms with van der Waals surface area (Å²) in [5.74, 6) is -1.11. The van der Waals surface area contributed by atoms with Crippen LogP contribution in [0, 0.1) is 11.8 Å². The topological polar surface area (TPSA) is 93.2 Å². The zero-order valence-electron chi connectivity index (χ0n) is 16.6. The molecule has 3 amide bonds. The number of nitrogens with zero attached hydrogens (tertiary/aromatic N) is 2. The Morgan fingerprint density at radius 2 is 1.64 bits per heavy atom. The van der Waals surface area contributed by atoms with Gasteiger partial charge >= 0.3 is 5.97 Å². The largest absolute Gasteiger partial charge is 0.469 e. The molecule has 0 aromatic carbocycles. The molecule has 2 heterocycles. The Labute approximate surface area is 165 Å². The van der Waals surface area contributed by atoms with E-state index in [-0.39, 0.29) is 67.5 Å². The number of amides is 3. The molecule has 1 aliphatic carbocycles. The second kappa shape index (κ2) is 9.49. The molecule has 2 unspecified atom stereocenters. The third-order valence-corrected chi connectivity index (χ3v) is 6.22. The highest BCUT2D eigenvalue weighted by Crippen LogP contribution is 2.38. The van der Waals surface area contributed by atoms with Crippen LogP contribution in [0.3, 0.4) is 0 Å². The van der Waals surface area contributed by atoms with E-state index in [9.17, 15) is 19.2 Å². The van der Waals surface area contributed by atoms with E-state index in [1.165, 1.54) is 12.0 Å². The summed E-state index contributed by atoms with van der Waals surface area (Å²) in [6, 6.07) is 0.0125. The molecule has 2 aliphatic heterocycles. The maximum Gasteiger partial charge on any atom is 0.307 e. The van der Waals surface area contributed by atoms with Crippen molar-refractivity contribution in [3.8, 4) is 0 Å². The summed E-state index contributed by atoms with van der Waals surface area (Å²) in [6.45, 7) is 1.57. The van der Waals surface area contributed by atoms with Gasteiger partial charge in [0.15, 0.2) is 0 Å². The van der Waals surface area contributed by atoms with Crippen molar-refractivity contribution in [3.63, 3.8) is 0 Å². The zero-order valence-corrected chi connectivity index (χ0v) is 16.6. The van der Waals surface area contributed by atoms with Gasteiger partial charge in [-0.15, -0.1) is 0 Å². The Balaban J connectivity index is 1.60. The molecule has 3 fully saturated rings. The highest BCUT2D eigenvalue weighted by atomic mass is 16.5. The van der Waals surface area contributed by atoms with Gasteiger partial charge in [-0.3, -0.25) is 24.1 Å². The molecule has 0 N–H and O–H groups in total. The fourth-order valence-corrected chi connectivity index (χ4v) is 4.62. The van der Waals surface area contributed by atoms with E-state index in [1.54, 1.807) is 4.90 Å². The Morgan fingerprint density at radius 3 is 2.21 bits per heavy atom. The summed E-state index contributed by atoms with van der Waals surface area (Å²) in [4.78, 5) is 52.6. The number of hydrogen-bond acceptors (Lipinski definition) is 6. The fourth-order valence-electron chi connectivity index (χ4n) is 4.62. The third kappa shape index (κ3) is 4.54. The number of fused-ring (bicyclic) bond motifs is 1. The number of carbonyl (C=O) groups is 4. The van der Waals surface area contributed by atoms with Crippen LogP contribution in [-0.4, -0.2) is 72.9 Å². The highest BCUT2D eigenvalue weighted by Gasteiger charge is 2.48. The number of likely N-dealkylation sites (tertiary alicyclic amines) is 1. The number of esters is 1. The average molecular weight is 394 g/mol. The molecular weight excluding hydrogens is 364 g/mol. The van der Waals surface area contributed by atoms with Crippen molar-refractivity contribution in [2.75, 3.05) is 33.4 Å². The third-order valence-electron chi connectivity index (χ3n) is 6.22. The number of ether oxygens (including phenoxy) is 2. The van der Waals surface area contributed by atoms with Crippen LogP contribution in [0.15, 0.2) is 0 Å². The number of hydrogen-bond donors (Lipinski definition) is 0. The molecule has 3 aliphatic rings. The summed E-state index contributed by atoms with van der Waals surface area (Å²) in [5, 5.41) is 0. The lowest BCUT2D eigenvalue weighted by Gasteiger charge is -2.34. The van der Waals surface area contributed by atoms with Crippen LogP contribution < -0.4 is 0 Å². The summed E-state index contributed by atoms with van der Waals surface area (Å²) >= 11 is 0. The molecule has 1 saturated carbocycles. The fraction of sp³-hybridized carbons (Fsp3) is 0.800. The second-order valence-electron chi connectivity index (χ2n) is 7.83. The van der Waals surface area contributed by atoms with Gasteiger partial charge in [0.05, 0.1) is 25.4 Å². The average Bonchev–Trinajstić information content (AvgIpc) is 2.97. The lowest BCUT2D eigenvalue weighted by Crippen LogP contribution is -2.45. The van der Waals surface area contributed by atoms with Crippen LogP contribution in [0.1, 0.15) is 51.4 Å². The quantitative estimate of drug-likeness (QED) is 0.475. The lowest BCUT2D eigenvalue weighted by atomic mass is 9.81. The second-order valence-corrected chi connectivity index (χ2v) is 7.83. The van der Waals surface area contributed by atoms with E-state index in [1.807, 2.05) is 0 Å². The standard InChI is InChI=1S/C20H30N2O6/c1-27-18(24)7-11-21(14-8-12-28-13-9-14)17(23)6-10-22-19(25)15-4-2-3-5-16(15)20(22)26/h14-16H,2-13H2,1H3. The minimum Gasteiger partial charge on any atom is -0.469 e. The number of rotatable bonds is 7. The Bertz CT molecular complexity index is 592. The normalized spacial score (nSPS) is 25.5. The Morgan fingerprint density at radius 1 is 1.04 bits per heavy atom. The number of methoxy groups -OCH3 is 1. The first kappa shape index (κ1) is 20.8. The van der Waals surface area contributed by atoms with Crippen LogP contribution in [-0.2, 0) is 28.7 Å². The van der Waals surface area contributed by atoms with Gasteiger partial charge in [0.1, 0.15) is 0 Å². The van der Waals surface area contributed by atoms with Crippen molar-refractivity contribution in [2.45, 2.75) is 57.4 Å². The van der Waals surface area contributed by atoms with E-state index in [2.05, 4.69) is 0 Å². The predicted octanol–water partition coefficient (Wildman–Crippen LogP) is 1.12. The first-order chi connectivity index (χ1) is 13.5. The van der Waals surface area contributed by atoms with Crippen molar-refractivity contribution in [2.24, 2.45) is 11.8 Å². The number of imide groups is 1. The molecule has 8 heteroatoms. The molecule has 0 bridgehead atoms. The smallest absolute Gasteiger partial charge is 0.307 e. The van der Waals surface area contributed by atoms with Crippen molar-refractivity contribution in [1.82, 2.24) is 9.80 Å². The Kier molecular flexibility index (Phi) is 7.04. The first-order valence-electron chi connectivity index (χ1n) is 10.3. The predicted molar refractivity (Wildman–Crippen MR) is 99.0 cm³/mol. The van der Waals surface area contributed by atoms with Gasteiger partial charge in [0.2, 0.25) is 17.7 Å². The van der Waals surface area contributed by atoms with E-state index in [0.29, 0.717) is 13.2 Å². The van der Waals surface area contributed by atoms with Gasteiger partial charge in [-0.1, -0.05) is 12.8 Å².